The van der Waals surface area contributed by atoms with Crippen LogP contribution in [-0.4, -0.2) is 31.1 Å². The quantitative estimate of drug-likeness (QED) is 0.236. The lowest BCUT2D eigenvalue weighted by molar-refractivity contribution is -0.118. The van der Waals surface area contributed by atoms with Crippen molar-refractivity contribution in [3.63, 3.8) is 0 Å². The normalized spacial score (nSPS) is 10.2. The number of para-hydroxylation sites is 2. The Labute approximate surface area is 200 Å². The van der Waals surface area contributed by atoms with Crippen LogP contribution >= 0.6 is 23.2 Å². The number of nitrogens with one attached hydrogen (secondary N) is 2. The summed E-state index contributed by atoms with van der Waals surface area (Å²) in [7, 11) is 2.74. The van der Waals surface area contributed by atoms with E-state index in [2.05, 4.69) is 10.6 Å². The van der Waals surface area contributed by atoms with E-state index >= 15 is 0 Å². The Kier molecular flexibility index (Phi) is 7.82. The first-order chi connectivity index (χ1) is 15.8. The first kappa shape index (κ1) is 24.0. The molecule has 3 N–H and O–H groups in total. The van der Waals surface area contributed by atoms with Crippen molar-refractivity contribution >= 4 is 52.5 Å². The monoisotopic (exact) mass is 486 g/mol. The second-order valence-electron chi connectivity index (χ2n) is 6.70. The zero-order chi connectivity index (χ0) is 24.0. The Morgan fingerprint density at radius 1 is 0.818 bits per heavy atom. The molecular formula is C24H20Cl2N2O5. The maximum atomic E-state index is 13.1. The van der Waals surface area contributed by atoms with Crippen LogP contribution in [0.25, 0.3) is 6.08 Å². The minimum atomic E-state index is -0.710. The fourth-order valence-corrected chi connectivity index (χ4v) is 3.27. The smallest absolute Gasteiger partial charge is 0.261 e. The lowest BCUT2D eigenvalue weighted by Crippen LogP contribution is -2.25. The van der Waals surface area contributed by atoms with Gasteiger partial charge in [-0.2, -0.15) is 0 Å². The standard InChI is InChI=1S/C24H20Cl2N2O5/c1-32-20-12-14(13-21(33-2)22(20)29)11-15(23(30)27-18-9-5-3-7-16(18)25)24(31)28-19-10-6-4-8-17(19)26/h3-13,29H,1-2H3,(H,27,30)(H,28,31). The van der Waals surface area contributed by atoms with Crippen molar-refractivity contribution in [1.29, 1.82) is 0 Å². The van der Waals surface area contributed by atoms with Crippen LogP contribution in [0.5, 0.6) is 17.2 Å². The minimum Gasteiger partial charge on any atom is -0.502 e. The number of phenols is 1. The van der Waals surface area contributed by atoms with Gasteiger partial charge in [0.05, 0.1) is 35.6 Å². The highest BCUT2D eigenvalue weighted by Crippen LogP contribution is 2.37. The summed E-state index contributed by atoms with van der Waals surface area (Å²) in [5, 5.41) is 16.0. The third kappa shape index (κ3) is 5.77. The van der Waals surface area contributed by atoms with Crippen LogP contribution in [0, 0.1) is 0 Å². The number of rotatable bonds is 7. The third-order valence-electron chi connectivity index (χ3n) is 4.55. The first-order valence-electron chi connectivity index (χ1n) is 9.62. The molecular weight excluding hydrogens is 467 g/mol. The van der Waals surface area contributed by atoms with E-state index in [-0.39, 0.29) is 22.8 Å². The van der Waals surface area contributed by atoms with Crippen molar-refractivity contribution in [1.82, 2.24) is 0 Å². The van der Waals surface area contributed by atoms with Gasteiger partial charge in [0, 0.05) is 0 Å². The molecule has 0 spiro atoms. The van der Waals surface area contributed by atoms with E-state index in [0.717, 1.165) is 0 Å². The summed E-state index contributed by atoms with van der Waals surface area (Å²) in [5.74, 6) is -1.41. The zero-order valence-electron chi connectivity index (χ0n) is 17.7. The van der Waals surface area contributed by atoms with Gasteiger partial charge in [-0.25, -0.2) is 0 Å². The molecule has 0 saturated heterocycles. The Morgan fingerprint density at radius 3 is 1.64 bits per heavy atom. The van der Waals surface area contributed by atoms with E-state index in [1.807, 2.05) is 0 Å². The molecule has 0 heterocycles. The van der Waals surface area contributed by atoms with Crippen LogP contribution in [-0.2, 0) is 9.59 Å². The lowest BCUT2D eigenvalue weighted by atomic mass is 10.1. The number of carbonyl (C=O) groups excluding carboxylic acids is 2. The van der Waals surface area contributed by atoms with Gasteiger partial charge in [0.15, 0.2) is 11.5 Å². The molecule has 9 heteroatoms. The van der Waals surface area contributed by atoms with Gasteiger partial charge in [-0.3, -0.25) is 9.59 Å². The molecule has 0 bridgehead atoms. The molecule has 0 aliphatic rings. The van der Waals surface area contributed by atoms with Crippen molar-refractivity contribution in [2.24, 2.45) is 0 Å². The highest BCUT2D eigenvalue weighted by Gasteiger charge is 2.21. The molecule has 0 radical (unpaired) electrons. The maximum absolute atomic E-state index is 13.1. The number of halogens is 2. The topological polar surface area (TPSA) is 96.9 Å². The van der Waals surface area contributed by atoms with Crippen molar-refractivity contribution in [3.8, 4) is 17.2 Å². The SMILES string of the molecule is COc1cc(C=C(C(=O)Nc2ccccc2Cl)C(=O)Nc2ccccc2Cl)cc(OC)c1O. The molecule has 0 unspecified atom stereocenters. The fourth-order valence-electron chi connectivity index (χ4n) is 2.90. The van der Waals surface area contributed by atoms with Crippen LogP contribution in [0.15, 0.2) is 66.2 Å². The zero-order valence-corrected chi connectivity index (χ0v) is 19.2. The van der Waals surface area contributed by atoms with Crippen LogP contribution < -0.4 is 20.1 Å². The van der Waals surface area contributed by atoms with Gasteiger partial charge in [0.1, 0.15) is 5.57 Å². The number of hydrogen-bond acceptors (Lipinski definition) is 5. The van der Waals surface area contributed by atoms with E-state index in [0.29, 0.717) is 27.0 Å². The third-order valence-corrected chi connectivity index (χ3v) is 5.21. The van der Waals surface area contributed by atoms with Crippen molar-refractivity contribution in [2.75, 3.05) is 24.9 Å². The first-order valence-corrected chi connectivity index (χ1v) is 10.4. The Morgan fingerprint density at radius 2 is 1.24 bits per heavy atom. The van der Waals surface area contributed by atoms with Gasteiger partial charge in [0.2, 0.25) is 5.75 Å². The predicted octanol–water partition coefficient (Wildman–Crippen LogP) is 5.38. The second kappa shape index (κ2) is 10.8. The summed E-state index contributed by atoms with van der Waals surface area (Å²) >= 11 is 12.3. The molecule has 3 aromatic rings. The van der Waals surface area contributed by atoms with E-state index in [9.17, 15) is 14.7 Å². The summed E-state index contributed by atoms with van der Waals surface area (Å²) in [6.07, 6.45) is 1.34. The molecule has 170 valence electrons. The number of anilines is 2. The number of methoxy groups -OCH3 is 2. The summed E-state index contributed by atoms with van der Waals surface area (Å²) in [4.78, 5) is 26.2. The number of phenolic OH excluding ortho intramolecular Hbond substituents is 1. The van der Waals surface area contributed by atoms with Crippen molar-refractivity contribution in [3.05, 3.63) is 81.8 Å². The Hall–Kier alpha value is -3.68. The van der Waals surface area contributed by atoms with Crippen LogP contribution in [0.2, 0.25) is 10.0 Å². The average molecular weight is 487 g/mol. The van der Waals surface area contributed by atoms with E-state index < -0.39 is 11.8 Å². The van der Waals surface area contributed by atoms with Crippen molar-refractivity contribution < 1.29 is 24.2 Å². The largest absolute Gasteiger partial charge is 0.502 e. The molecule has 0 fully saturated rings. The summed E-state index contributed by atoms with van der Waals surface area (Å²) in [5.41, 5.74) is 0.799. The van der Waals surface area contributed by atoms with Gasteiger partial charge in [0.25, 0.3) is 11.8 Å². The van der Waals surface area contributed by atoms with Gasteiger partial charge in [-0.05, 0) is 48.0 Å². The number of aromatic hydroxyl groups is 1. The highest BCUT2D eigenvalue weighted by molar-refractivity contribution is 6.36. The van der Waals surface area contributed by atoms with Gasteiger partial charge >= 0.3 is 0 Å². The lowest BCUT2D eigenvalue weighted by Gasteiger charge is -2.13. The number of hydrogen-bond donors (Lipinski definition) is 3. The van der Waals surface area contributed by atoms with E-state index in [1.54, 1.807) is 48.5 Å². The molecule has 7 nitrogen and oxygen atoms in total. The Balaban J connectivity index is 2.04. The van der Waals surface area contributed by atoms with Gasteiger partial charge < -0.3 is 25.2 Å². The molecule has 0 aliphatic heterocycles. The molecule has 0 atom stereocenters. The minimum absolute atomic E-state index is 0.109. The summed E-state index contributed by atoms with van der Waals surface area (Å²) < 4.78 is 10.3. The number of amides is 2. The van der Waals surface area contributed by atoms with Gasteiger partial charge in [-0.1, -0.05) is 47.5 Å². The summed E-state index contributed by atoms with van der Waals surface area (Å²) in [6, 6.07) is 16.2. The second-order valence-corrected chi connectivity index (χ2v) is 7.51. The highest BCUT2D eigenvalue weighted by atomic mass is 35.5. The van der Waals surface area contributed by atoms with E-state index in [4.69, 9.17) is 32.7 Å². The molecule has 0 aliphatic carbocycles. The predicted molar refractivity (Wildman–Crippen MR) is 129 cm³/mol. The van der Waals surface area contributed by atoms with Gasteiger partial charge in [-0.15, -0.1) is 0 Å². The molecule has 3 rings (SSSR count). The molecule has 33 heavy (non-hydrogen) atoms. The molecule has 0 saturated carbocycles. The summed E-state index contributed by atoms with van der Waals surface area (Å²) in [6.45, 7) is 0. The van der Waals surface area contributed by atoms with Crippen LogP contribution in [0.1, 0.15) is 5.56 Å². The molecule has 0 aromatic heterocycles. The number of ether oxygens (including phenoxy) is 2. The number of benzene rings is 3. The fraction of sp³-hybridized carbons (Fsp3) is 0.0833. The van der Waals surface area contributed by atoms with Crippen LogP contribution in [0.3, 0.4) is 0 Å². The van der Waals surface area contributed by atoms with E-state index in [1.165, 1.54) is 32.4 Å². The Bertz CT molecular complexity index is 1140. The maximum Gasteiger partial charge on any atom is 0.261 e. The average Bonchev–Trinajstić information content (AvgIpc) is 2.81. The van der Waals surface area contributed by atoms with Crippen LogP contribution in [0.4, 0.5) is 11.4 Å². The molecule has 3 aromatic carbocycles. The number of carbonyl (C=O) groups is 2. The van der Waals surface area contributed by atoms with Crippen molar-refractivity contribution in [2.45, 2.75) is 0 Å². The molecule has 2 amide bonds.